The Morgan fingerprint density at radius 2 is 2.19 bits per heavy atom. The molecule has 1 aromatic carbocycles. The van der Waals surface area contributed by atoms with Crippen LogP contribution in [0, 0.1) is 0 Å². The highest BCUT2D eigenvalue weighted by molar-refractivity contribution is 6.33. The summed E-state index contributed by atoms with van der Waals surface area (Å²) in [5.41, 5.74) is 1.55. The van der Waals surface area contributed by atoms with E-state index in [1.54, 1.807) is 12.4 Å². The molecule has 0 aliphatic rings. The number of benzene rings is 1. The van der Waals surface area contributed by atoms with E-state index in [-0.39, 0.29) is 0 Å². The van der Waals surface area contributed by atoms with Gasteiger partial charge >= 0.3 is 0 Å². The first-order valence-corrected chi connectivity index (χ1v) is 5.59. The fourth-order valence-electron chi connectivity index (χ4n) is 1.40. The molecule has 0 aliphatic heterocycles. The van der Waals surface area contributed by atoms with E-state index in [1.165, 1.54) is 0 Å². The summed E-state index contributed by atoms with van der Waals surface area (Å²) in [6.45, 7) is 2.50. The minimum absolute atomic E-state index is 0.500. The number of hydrogen-bond acceptors (Lipinski definition) is 2. The van der Waals surface area contributed by atoms with Crippen LogP contribution in [0.25, 0.3) is 11.3 Å². The smallest absolute Gasteiger partial charge is 0.137 e. The molecule has 0 radical (unpaired) electrons. The fraction of sp³-hybridized carbons (Fsp3) is 0.182. The normalized spacial score (nSPS) is 10.4. The predicted molar refractivity (Wildman–Crippen MR) is 65.2 cm³/mol. The average Bonchev–Trinajstić information content (AvgIpc) is 2.68. The molecule has 5 heteroatoms. The van der Waals surface area contributed by atoms with Crippen molar-refractivity contribution in [1.82, 2.24) is 9.97 Å². The number of rotatable bonds is 3. The van der Waals surface area contributed by atoms with Gasteiger partial charge in [-0.25, -0.2) is 4.98 Å². The zero-order valence-corrected chi connectivity index (χ0v) is 10.1. The standard InChI is InChI=1S/C11H10Cl2N2O/c1-2-16-9-4-3-7(5-8(9)12)10-11(13)15-6-14-10/h3-6H,2H2,1H3,(H,14,15). The summed E-state index contributed by atoms with van der Waals surface area (Å²) in [5.74, 6) is 0.666. The Balaban J connectivity index is 2.38. The highest BCUT2D eigenvalue weighted by Gasteiger charge is 2.09. The maximum atomic E-state index is 6.07. The SMILES string of the molecule is CCOc1ccc(-c2nc[nH]c2Cl)cc1Cl. The van der Waals surface area contributed by atoms with Crippen molar-refractivity contribution in [3.63, 3.8) is 0 Å². The zero-order chi connectivity index (χ0) is 11.5. The van der Waals surface area contributed by atoms with Crippen LogP contribution in [-0.2, 0) is 0 Å². The molecule has 0 amide bonds. The van der Waals surface area contributed by atoms with Gasteiger partial charge in [-0.15, -0.1) is 0 Å². The van der Waals surface area contributed by atoms with E-state index in [2.05, 4.69) is 9.97 Å². The first kappa shape index (κ1) is 11.3. The van der Waals surface area contributed by atoms with Gasteiger partial charge in [0.2, 0.25) is 0 Å². The Morgan fingerprint density at radius 3 is 2.75 bits per heavy atom. The van der Waals surface area contributed by atoms with Gasteiger partial charge in [0, 0.05) is 5.56 Å². The molecule has 84 valence electrons. The number of hydrogen-bond donors (Lipinski definition) is 1. The molecular weight excluding hydrogens is 247 g/mol. The summed E-state index contributed by atoms with van der Waals surface area (Å²) in [6, 6.07) is 5.47. The Bertz CT molecular complexity index is 496. The number of halogens is 2. The Labute approximate surface area is 103 Å². The van der Waals surface area contributed by atoms with Crippen LogP contribution < -0.4 is 4.74 Å². The molecule has 2 rings (SSSR count). The molecule has 0 atom stereocenters. The van der Waals surface area contributed by atoms with Crippen molar-refractivity contribution >= 4 is 23.2 Å². The van der Waals surface area contributed by atoms with Gasteiger partial charge in [-0.2, -0.15) is 0 Å². The number of aromatic nitrogens is 2. The Kier molecular flexibility index (Phi) is 3.36. The van der Waals surface area contributed by atoms with Crippen molar-refractivity contribution < 1.29 is 4.74 Å². The molecule has 16 heavy (non-hydrogen) atoms. The maximum Gasteiger partial charge on any atom is 0.137 e. The molecule has 0 saturated heterocycles. The third kappa shape index (κ3) is 2.15. The number of nitrogens with zero attached hydrogens (tertiary/aromatic N) is 1. The number of nitrogens with one attached hydrogen (secondary N) is 1. The third-order valence-electron chi connectivity index (χ3n) is 2.10. The number of ether oxygens (including phenoxy) is 1. The second kappa shape index (κ2) is 4.76. The molecule has 0 unspecified atom stereocenters. The van der Waals surface area contributed by atoms with Crippen molar-refractivity contribution in [2.24, 2.45) is 0 Å². The highest BCUT2D eigenvalue weighted by atomic mass is 35.5. The van der Waals surface area contributed by atoms with Gasteiger partial charge in [-0.1, -0.05) is 23.2 Å². The Hall–Kier alpha value is -1.19. The van der Waals surface area contributed by atoms with Gasteiger partial charge < -0.3 is 9.72 Å². The van der Waals surface area contributed by atoms with Crippen LogP contribution in [-0.4, -0.2) is 16.6 Å². The Morgan fingerprint density at radius 1 is 1.38 bits per heavy atom. The van der Waals surface area contributed by atoms with Crippen LogP contribution in [0.1, 0.15) is 6.92 Å². The monoisotopic (exact) mass is 256 g/mol. The lowest BCUT2D eigenvalue weighted by Gasteiger charge is -2.06. The predicted octanol–water partition coefficient (Wildman–Crippen LogP) is 3.78. The van der Waals surface area contributed by atoms with Crippen molar-refractivity contribution in [2.45, 2.75) is 6.92 Å². The second-order valence-corrected chi connectivity index (χ2v) is 3.93. The third-order valence-corrected chi connectivity index (χ3v) is 2.68. The summed E-state index contributed by atoms with van der Waals surface area (Å²) >= 11 is 12.0. The molecule has 0 saturated carbocycles. The lowest BCUT2D eigenvalue weighted by Crippen LogP contribution is -1.92. The quantitative estimate of drug-likeness (QED) is 0.908. The van der Waals surface area contributed by atoms with E-state index in [4.69, 9.17) is 27.9 Å². The summed E-state index contributed by atoms with van der Waals surface area (Å²) in [5, 5.41) is 1.05. The lowest BCUT2D eigenvalue weighted by molar-refractivity contribution is 0.340. The average molecular weight is 257 g/mol. The van der Waals surface area contributed by atoms with Gasteiger partial charge in [0.15, 0.2) is 0 Å². The first-order chi connectivity index (χ1) is 7.72. The highest BCUT2D eigenvalue weighted by Crippen LogP contribution is 2.31. The molecule has 0 bridgehead atoms. The fourth-order valence-corrected chi connectivity index (χ4v) is 1.84. The number of H-pyrrole nitrogens is 1. The molecule has 0 aliphatic carbocycles. The number of imidazole rings is 1. The van der Waals surface area contributed by atoms with Crippen LogP contribution in [0.4, 0.5) is 0 Å². The minimum Gasteiger partial charge on any atom is -0.492 e. The maximum absolute atomic E-state index is 6.07. The van der Waals surface area contributed by atoms with Gasteiger partial charge in [-0.3, -0.25) is 0 Å². The molecule has 3 nitrogen and oxygen atoms in total. The van der Waals surface area contributed by atoms with Crippen LogP contribution >= 0.6 is 23.2 Å². The summed E-state index contributed by atoms with van der Waals surface area (Å²) in [7, 11) is 0. The van der Waals surface area contributed by atoms with Gasteiger partial charge in [0.1, 0.15) is 16.6 Å². The molecule has 2 aromatic rings. The van der Waals surface area contributed by atoms with E-state index >= 15 is 0 Å². The van der Waals surface area contributed by atoms with E-state index in [0.29, 0.717) is 28.2 Å². The largest absolute Gasteiger partial charge is 0.492 e. The topological polar surface area (TPSA) is 37.9 Å². The van der Waals surface area contributed by atoms with Gasteiger partial charge in [0.25, 0.3) is 0 Å². The van der Waals surface area contributed by atoms with Gasteiger partial charge in [0.05, 0.1) is 18.0 Å². The van der Waals surface area contributed by atoms with E-state index in [1.807, 2.05) is 19.1 Å². The lowest BCUT2D eigenvalue weighted by atomic mass is 10.1. The minimum atomic E-state index is 0.500. The van der Waals surface area contributed by atoms with Crippen LogP contribution in [0.15, 0.2) is 24.5 Å². The van der Waals surface area contributed by atoms with E-state index in [0.717, 1.165) is 5.56 Å². The summed E-state index contributed by atoms with van der Waals surface area (Å²) in [4.78, 5) is 6.92. The van der Waals surface area contributed by atoms with Crippen LogP contribution in [0.3, 0.4) is 0 Å². The molecule has 0 spiro atoms. The van der Waals surface area contributed by atoms with Crippen molar-refractivity contribution in [2.75, 3.05) is 6.61 Å². The molecule has 0 fully saturated rings. The van der Waals surface area contributed by atoms with Gasteiger partial charge in [-0.05, 0) is 25.1 Å². The molecule has 1 N–H and O–H groups in total. The zero-order valence-electron chi connectivity index (χ0n) is 8.63. The molecular formula is C11H10Cl2N2O. The second-order valence-electron chi connectivity index (χ2n) is 3.14. The summed E-state index contributed by atoms with van der Waals surface area (Å²) in [6.07, 6.45) is 1.54. The van der Waals surface area contributed by atoms with E-state index < -0.39 is 0 Å². The molecule has 1 aromatic heterocycles. The van der Waals surface area contributed by atoms with Crippen molar-refractivity contribution in [3.05, 3.63) is 34.7 Å². The van der Waals surface area contributed by atoms with E-state index in [9.17, 15) is 0 Å². The van der Waals surface area contributed by atoms with Crippen LogP contribution in [0.2, 0.25) is 10.2 Å². The first-order valence-electron chi connectivity index (χ1n) is 4.84. The molecule has 1 heterocycles. The summed E-state index contributed by atoms with van der Waals surface area (Å²) < 4.78 is 5.35. The number of aromatic amines is 1. The van der Waals surface area contributed by atoms with Crippen LogP contribution in [0.5, 0.6) is 5.75 Å². The van der Waals surface area contributed by atoms with Crippen molar-refractivity contribution in [3.8, 4) is 17.0 Å². The van der Waals surface area contributed by atoms with Crippen molar-refractivity contribution in [1.29, 1.82) is 0 Å².